The molecule has 2 aromatic heterocycles. The van der Waals surface area contributed by atoms with Gasteiger partial charge in [-0.3, -0.25) is 0 Å². The van der Waals surface area contributed by atoms with Crippen LogP contribution in [0.15, 0.2) is 20.7 Å². The Morgan fingerprint density at radius 2 is 2.28 bits per heavy atom. The lowest BCUT2D eigenvalue weighted by Gasteiger charge is -2.03. The first-order chi connectivity index (χ1) is 8.76. The van der Waals surface area contributed by atoms with Gasteiger partial charge in [0, 0.05) is 12.6 Å². The molecule has 18 heavy (non-hydrogen) atoms. The summed E-state index contributed by atoms with van der Waals surface area (Å²) in [4.78, 5) is 4.54. The molecule has 0 spiro atoms. The fourth-order valence-corrected chi connectivity index (χ4v) is 2.79. The second kappa shape index (κ2) is 4.42. The predicted molar refractivity (Wildman–Crippen MR) is 64.1 cm³/mol. The quantitative estimate of drug-likeness (QED) is 0.822. The van der Waals surface area contributed by atoms with Gasteiger partial charge < -0.3 is 4.42 Å². The topological polar surface area (TPSA) is 75.6 Å². The molecule has 0 amide bonds. The molecule has 90 valence electrons. The minimum absolute atomic E-state index is 0.425. The molecule has 1 aliphatic rings. The van der Waals surface area contributed by atoms with Crippen molar-refractivity contribution in [3.8, 4) is 6.07 Å². The standard InChI is InChI=1S/C12H10N4OS/c1-7-15-16-12(17-7)18-11-9(6-13)5-8-3-2-4-10(8)14-11/h5H,2-4H2,1H3. The minimum atomic E-state index is 0.425. The molecule has 0 saturated heterocycles. The molecule has 2 aromatic rings. The molecule has 0 fully saturated rings. The highest BCUT2D eigenvalue weighted by molar-refractivity contribution is 7.99. The summed E-state index contributed by atoms with van der Waals surface area (Å²) >= 11 is 1.25. The number of hydrogen-bond acceptors (Lipinski definition) is 6. The van der Waals surface area contributed by atoms with Crippen LogP contribution in [0.3, 0.4) is 0 Å². The molecule has 0 bridgehead atoms. The number of nitrogens with zero attached hydrogens (tertiary/aromatic N) is 4. The van der Waals surface area contributed by atoms with Gasteiger partial charge in [0.05, 0.1) is 5.56 Å². The maximum Gasteiger partial charge on any atom is 0.282 e. The third kappa shape index (κ3) is 1.97. The second-order valence-electron chi connectivity index (χ2n) is 4.10. The summed E-state index contributed by atoms with van der Waals surface area (Å²) in [5.74, 6) is 0.511. The Labute approximate surface area is 108 Å². The molecule has 0 aliphatic heterocycles. The normalized spacial score (nSPS) is 13.3. The van der Waals surface area contributed by atoms with Crippen molar-refractivity contribution in [3.05, 3.63) is 28.8 Å². The molecule has 1 aliphatic carbocycles. The van der Waals surface area contributed by atoms with E-state index in [9.17, 15) is 0 Å². The van der Waals surface area contributed by atoms with Crippen molar-refractivity contribution in [1.29, 1.82) is 5.26 Å². The van der Waals surface area contributed by atoms with Crippen LogP contribution in [0.2, 0.25) is 0 Å². The van der Waals surface area contributed by atoms with Gasteiger partial charge >= 0.3 is 0 Å². The van der Waals surface area contributed by atoms with Crippen molar-refractivity contribution in [2.45, 2.75) is 36.4 Å². The summed E-state index contributed by atoms with van der Waals surface area (Å²) in [6.45, 7) is 1.73. The van der Waals surface area contributed by atoms with Gasteiger partial charge in [0.2, 0.25) is 5.89 Å². The minimum Gasteiger partial charge on any atom is -0.416 e. The van der Waals surface area contributed by atoms with E-state index < -0.39 is 0 Å². The van der Waals surface area contributed by atoms with E-state index in [2.05, 4.69) is 21.3 Å². The molecule has 0 aromatic carbocycles. The zero-order valence-electron chi connectivity index (χ0n) is 9.80. The van der Waals surface area contributed by atoms with Crippen molar-refractivity contribution in [2.75, 3.05) is 0 Å². The van der Waals surface area contributed by atoms with Crippen LogP contribution >= 0.6 is 11.8 Å². The van der Waals surface area contributed by atoms with E-state index in [1.54, 1.807) is 6.92 Å². The van der Waals surface area contributed by atoms with Crippen molar-refractivity contribution in [1.82, 2.24) is 15.2 Å². The maximum atomic E-state index is 9.16. The zero-order chi connectivity index (χ0) is 12.5. The third-order valence-electron chi connectivity index (χ3n) is 2.83. The number of rotatable bonds is 2. The van der Waals surface area contributed by atoms with Crippen LogP contribution in [0, 0.1) is 18.3 Å². The van der Waals surface area contributed by atoms with E-state index in [4.69, 9.17) is 9.68 Å². The molecule has 6 heteroatoms. The lowest BCUT2D eigenvalue weighted by atomic mass is 10.2. The molecule has 0 saturated carbocycles. The highest BCUT2D eigenvalue weighted by Gasteiger charge is 2.18. The van der Waals surface area contributed by atoms with Gasteiger partial charge in [-0.1, -0.05) is 0 Å². The molecule has 5 nitrogen and oxygen atoms in total. The van der Waals surface area contributed by atoms with Gasteiger partial charge in [0.25, 0.3) is 5.22 Å². The van der Waals surface area contributed by atoms with Crippen molar-refractivity contribution < 1.29 is 4.42 Å². The highest BCUT2D eigenvalue weighted by atomic mass is 32.2. The summed E-state index contributed by atoms with van der Waals surface area (Å²) in [7, 11) is 0. The molecule has 0 unspecified atom stereocenters. The molecule has 3 rings (SSSR count). The Hall–Kier alpha value is -1.87. The average Bonchev–Trinajstić information content (AvgIpc) is 2.97. The highest BCUT2D eigenvalue weighted by Crippen LogP contribution is 2.31. The first-order valence-electron chi connectivity index (χ1n) is 5.67. The Kier molecular flexibility index (Phi) is 2.76. The predicted octanol–water partition coefficient (Wildman–Crippen LogP) is 2.28. The number of fused-ring (bicyclic) bond motifs is 1. The van der Waals surface area contributed by atoms with Gasteiger partial charge in [0.15, 0.2) is 0 Å². The zero-order valence-corrected chi connectivity index (χ0v) is 10.6. The van der Waals surface area contributed by atoms with Crippen LogP contribution in [0.1, 0.15) is 29.1 Å². The van der Waals surface area contributed by atoms with E-state index in [1.807, 2.05) is 6.07 Å². The summed E-state index contributed by atoms with van der Waals surface area (Å²) in [6.07, 6.45) is 3.11. The molecular formula is C12H10N4OS. The summed E-state index contributed by atoms with van der Waals surface area (Å²) < 4.78 is 5.30. The summed E-state index contributed by atoms with van der Waals surface area (Å²) in [5.41, 5.74) is 2.86. The van der Waals surface area contributed by atoms with E-state index in [0.29, 0.717) is 21.7 Å². The average molecular weight is 258 g/mol. The molecule has 0 N–H and O–H groups in total. The Balaban J connectivity index is 1.98. The first-order valence-corrected chi connectivity index (χ1v) is 6.49. The number of hydrogen-bond donors (Lipinski definition) is 0. The van der Waals surface area contributed by atoms with E-state index in [0.717, 1.165) is 25.0 Å². The first kappa shape index (κ1) is 11.2. The Bertz CT molecular complexity index is 644. The smallest absolute Gasteiger partial charge is 0.282 e. The number of pyridine rings is 1. The molecular weight excluding hydrogens is 248 g/mol. The number of nitriles is 1. The van der Waals surface area contributed by atoms with E-state index >= 15 is 0 Å². The van der Waals surface area contributed by atoms with Crippen LogP contribution in [-0.4, -0.2) is 15.2 Å². The lowest BCUT2D eigenvalue weighted by molar-refractivity contribution is 0.429. The van der Waals surface area contributed by atoms with E-state index in [-0.39, 0.29) is 0 Å². The Morgan fingerprint density at radius 1 is 1.39 bits per heavy atom. The number of aromatic nitrogens is 3. The van der Waals surface area contributed by atoms with Crippen LogP contribution in [0.25, 0.3) is 0 Å². The summed E-state index contributed by atoms with van der Waals surface area (Å²) in [5, 5.41) is 17.9. The molecule has 0 atom stereocenters. The van der Waals surface area contributed by atoms with Gasteiger partial charge in [-0.05, 0) is 42.7 Å². The van der Waals surface area contributed by atoms with Gasteiger partial charge in [-0.15, -0.1) is 10.2 Å². The van der Waals surface area contributed by atoms with Gasteiger partial charge in [-0.25, -0.2) is 4.98 Å². The maximum absolute atomic E-state index is 9.16. The van der Waals surface area contributed by atoms with Crippen LogP contribution in [0.5, 0.6) is 0 Å². The number of aryl methyl sites for hydroxylation is 3. The van der Waals surface area contributed by atoms with Gasteiger partial charge in [-0.2, -0.15) is 5.26 Å². The van der Waals surface area contributed by atoms with Crippen LogP contribution in [0.4, 0.5) is 0 Å². The summed E-state index contributed by atoms with van der Waals surface area (Å²) in [6, 6.07) is 4.11. The van der Waals surface area contributed by atoms with E-state index in [1.165, 1.54) is 17.3 Å². The SMILES string of the molecule is Cc1nnc(Sc2nc3c(cc2C#N)CCC3)o1. The third-order valence-corrected chi connectivity index (χ3v) is 3.67. The van der Waals surface area contributed by atoms with Crippen LogP contribution in [-0.2, 0) is 12.8 Å². The Morgan fingerprint density at radius 3 is 3.00 bits per heavy atom. The van der Waals surface area contributed by atoms with Crippen molar-refractivity contribution in [2.24, 2.45) is 0 Å². The second-order valence-corrected chi connectivity index (χ2v) is 5.04. The van der Waals surface area contributed by atoms with Crippen molar-refractivity contribution >= 4 is 11.8 Å². The molecule has 0 radical (unpaired) electrons. The van der Waals surface area contributed by atoms with Crippen molar-refractivity contribution in [3.63, 3.8) is 0 Å². The van der Waals surface area contributed by atoms with Gasteiger partial charge in [0.1, 0.15) is 11.1 Å². The largest absolute Gasteiger partial charge is 0.416 e. The van der Waals surface area contributed by atoms with Crippen LogP contribution < -0.4 is 0 Å². The lowest BCUT2D eigenvalue weighted by Crippen LogP contribution is -1.94. The monoisotopic (exact) mass is 258 g/mol. The fraction of sp³-hybridized carbons (Fsp3) is 0.333. The fourth-order valence-electron chi connectivity index (χ4n) is 2.01. The molecule has 2 heterocycles.